The van der Waals surface area contributed by atoms with E-state index in [2.05, 4.69) is 25.2 Å². The molecule has 20 heavy (non-hydrogen) atoms. The number of benzene rings is 1. The second-order valence-electron chi connectivity index (χ2n) is 6.48. The van der Waals surface area contributed by atoms with Gasteiger partial charge in [0.25, 0.3) is 0 Å². The van der Waals surface area contributed by atoms with Crippen LogP contribution in [0.1, 0.15) is 62.3 Å². The van der Waals surface area contributed by atoms with Gasteiger partial charge >= 0.3 is 0 Å². The van der Waals surface area contributed by atoms with E-state index in [1.54, 1.807) is 6.07 Å². The Kier molecular flexibility index (Phi) is 5.20. The zero-order chi connectivity index (χ0) is 14.7. The summed E-state index contributed by atoms with van der Waals surface area (Å²) in [5, 5.41) is 3.62. The molecule has 2 heteroatoms. The van der Waals surface area contributed by atoms with Gasteiger partial charge in [-0.2, -0.15) is 0 Å². The molecule has 1 saturated carbocycles. The first-order chi connectivity index (χ1) is 9.54. The molecule has 0 aliphatic heterocycles. The Balaban J connectivity index is 2.35. The second kappa shape index (κ2) is 6.71. The minimum Gasteiger partial charge on any atom is -0.310 e. The summed E-state index contributed by atoms with van der Waals surface area (Å²) in [5.74, 6) is 1.22. The average Bonchev–Trinajstić information content (AvgIpc) is 2.78. The van der Waals surface area contributed by atoms with E-state index in [9.17, 15) is 4.39 Å². The molecule has 2 rings (SSSR count). The number of aryl methyl sites for hydroxylation is 2. The van der Waals surface area contributed by atoms with Gasteiger partial charge in [-0.3, -0.25) is 0 Å². The third kappa shape index (κ3) is 3.22. The van der Waals surface area contributed by atoms with Crippen molar-refractivity contribution >= 4 is 0 Å². The molecule has 1 nitrogen and oxygen atoms in total. The molecule has 0 heterocycles. The van der Waals surface area contributed by atoms with E-state index in [0.29, 0.717) is 11.8 Å². The molecule has 1 aromatic rings. The Morgan fingerprint density at radius 1 is 1.30 bits per heavy atom. The molecule has 0 spiro atoms. The molecule has 0 aromatic heterocycles. The summed E-state index contributed by atoms with van der Waals surface area (Å²) in [6.07, 6.45) is 4.86. The van der Waals surface area contributed by atoms with Crippen molar-refractivity contribution in [1.82, 2.24) is 5.32 Å². The lowest BCUT2D eigenvalue weighted by molar-refractivity contribution is 0.294. The number of halogens is 1. The maximum atomic E-state index is 14.5. The lowest BCUT2D eigenvalue weighted by Gasteiger charge is -2.30. The molecule has 0 radical (unpaired) electrons. The Hall–Kier alpha value is -0.890. The van der Waals surface area contributed by atoms with Crippen LogP contribution in [0.25, 0.3) is 0 Å². The van der Waals surface area contributed by atoms with Crippen LogP contribution in [0.3, 0.4) is 0 Å². The predicted molar refractivity (Wildman–Crippen MR) is 83.4 cm³/mol. The summed E-state index contributed by atoms with van der Waals surface area (Å²) in [6.45, 7) is 9.46. The van der Waals surface area contributed by atoms with Gasteiger partial charge in [0.15, 0.2) is 0 Å². The Morgan fingerprint density at radius 2 is 2.05 bits per heavy atom. The van der Waals surface area contributed by atoms with E-state index in [1.807, 2.05) is 13.8 Å². The van der Waals surface area contributed by atoms with E-state index in [-0.39, 0.29) is 11.9 Å². The molecule has 0 bridgehead atoms. The van der Waals surface area contributed by atoms with Crippen LogP contribution >= 0.6 is 0 Å². The van der Waals surface area contributed by atoms with Gasteiger partial charge in [0, 0.05) is 11.6 Å². The zero-order valence-corrected chi connectivity index (χ0v) is 13.3. The summed E-state index contributed by atoms with van der Waals surface area (Å²) in [6, 6.07) is 3.97. The van der Waals surface area contributed by atoms with Crippen molar-refractivity contribution in [1.29, 1.82) is 0 Å². The molecule has 1 aromatic carbocycles. The molecular formula is C18H28FN. The lowest BCUT2D eigenvalue weighted by atomic mass is 9.83. The summed E-state index contributed by atoms with van der Waals surface area (Å²) in [4.78, 5) is 0. The average molecular weight is 277 g/mol. The second-order valence-corrected chi connectivity index (χ2v) is 6.48. The molecule has 3 unspecified atom stereocenters. The lowest BCUT2D eigenvalue weighted by Crippen LogP contribution is -2.31. The Morgan fingerprint density at radius 3 is 2.60 bits per heavy atom. The highest BCUT2D eigenvalue weighted by Crippen LogP contribution is 2.41. The van der Waals surface area contributed by atoms with Gasteiger partial charge in [0.05, 0.1) is 0 Å². The topological polar surface area (TPSA) is 12.0 Å². The van der Waals surface area contributed by atoms with Gasteiger partial charge in [0.2, 0.25) is 0 Å². The minimum atomic E-state index is -0.0322. The summed E-state index contributed by atoms with van der Waals surface area (Å²) >= 11 is 0. The van der Waals surface area contributed by atoms with Gasteiger partial charge < -0.3 is 5.32 Å². The SMILES string of the molecule is CCCNC(c1c(C)cc(C)cc1F)C1CCCC1C. The van der Waals surface area contributed by atoms with Crippen molar-refractivity contribution in [2.24, 2.45) is 11.8 Å². The minimum absolute atomic E-state index is 0.0322. The predicted octanol–water partition coefficient (Wildman–Crippen LogP) is 4.92. The summed E-state index contributed by atoms with van der Waals surface area (Å²) in [7, 11) is 0. The molecular weight excluding hydrogens is 249 g/mol. The molecule has 3 atom stereocenters. The van der Waals surface area contributed by atoms with E-state index in [1.165, 1.54) is 19.3 Å². The highest BCUT2D eigenvalue weighted by molar-refractivity contribution is 5.35. The van der Waals surface area contributed by atoms with Gasteiger partial charge in [-0.05, 0) is 62.3 Å². The van der Waals surface area contributed by atoms with Crippen molar-refractivity contribution in [2.45, 2.75) is 59.4 Å². The van der Waals surface area contributed by atoms with Crippen molar-refractivity contribution in [3.63, 3.8) is 0 Å². The van der Waals surface area contributed by atoms with Crippen molar-refractivity contribution < 1.29 is 4.39 Å². The van der Waals surface area contributed by atoms with E-state index in [4.69, 9.17) is 0 Å². The smallest absolute Gasteiger partial charge is 0.128 e. The molecule has 1 fully saturated rings. The van der Waals surface area contributed by atoms with Crippen molar-refractivity contribution in [3.8, 4) is 0 Å². The third-order valence-corrected chi connectivity index (χ3v) is 4.76. The van der Waals surface area contributed by atoms with Crippen LogP contribution in [0.4, 0.5) is 4.39 Å². The fraction of sp³-hybridized carbons (Fsp3) is 0.667. The quantitative estimate of drug-likeness (QED) is 0.805. The largest absolute Gasteiger partial charge is 0.310 e. The number of hydrogen-bond acceptors (Lipinski definition) is 1. The van der Waals surface area contributed by atoms with Crippen LogP contribution < -0.4 is 5.32 Å². The number of hydrogen-bond donors (Lipinski definition) is 1. The van der Waals surface area contributed by atoms with Crippen LogP contribution in [-0.4, -0.2) is 6.54 Å². The van der Waals surface area contributed by atoms with Crippen LogP contribution in [0.2, 0.25) is 0 Å². The highest BCUT2D eigenvalue weighted by Gasteiger charge is 2.33. The standard InChI is InChI=1S/C18H28FN/c1-5-9-20-18(15-8-6-7-13(15)3)17-14(4)10-12(2)11-16(17)19/h10-11,13,15,18,20H,5-9H2,1-4H3. The van der Waals surface area contributed by atoms with Gasteiger partial charge in [-0.1, -0.05) is 32.8 Å². The number of nitrogens with one attached hydrogen (secondary N) is 1. The first-order valence-corrected chi connectivity index (χ1v) is 8.04. The molecule has 112 valence electrons. The van der Waals surface area contributed by atoms with E-state index in [0.717, 1.165) is 29.7 Å². The molecule has 1 aliphatic rings. The van der Waals surface area contributed by atoms with Crippen LogP contribution in [0.5, 0.6) is 0 Å². The van der Waals surface area contributed by atoms with Gasteiger partial charge in [0.1, 0.15) is 5.82 Å². The van der Waals surface area contributed by atoms with E-state index < -0.39 is 0 Å². The highest BCUT2D eigenvalue weighted by atomic mass is 19.1. The van der Waals surface area contributed by atoms with E-state index >= 15 is 0 Å². The van der Waals surface area contributed by atoms with Gasteiger partial charge in [-0.15, -0.1) is 0 Å². The maximum Gasteiger partial charge on any atom is 0.128 e. The normalized spacial score (nSPS) is 24.1. The maximum absolute atomic E-state index is 14.5. The first kappa shape index (κ1) is 15.5. The Labute approximate surface area is 123 Å². The molecule has 1 N–H and O–H groups in total. The summed E-state index contributed by atoms with van der Waals surface area (Å²) < 4.78 is 14.5. The number of rotatable bonds is 5. The fourth-order valence-corrected chi connectivity index (χ4v) is 3.76. The van der Waals surface area contributed by atoms with Crippen LogP contribution in [0.15, 0.2) is 12.1 Å². The van der Waals surface area contributed by atoms with Crippen LogP contribution in [0, 0.1) is 31.5 Å². The third-order valence-electron chi connectivity index (χ3n) is 4.76. The molecule has 0 saturated heterocycles. The van der Waals surface area contributed by atoms with Gasteiger partial charge in [-0.25, -0.2) is 4.39 Å². The molecule has 1 aliphatic carbocycles. The van der Waals surface area contributed by atoms with Crippen molar-refractivity contribution in [3.05, 3.63) is 34.6 Å². The van der Waals surface area contributed by atoms with Crippen molar-refractivity contribution in [2.75, 3.05) is 6.54 Å². The molecule has 0 amide bonds. The zero-order valence-electron chi connectivity index (χ0n) is 13.3. The Bertz CT molecular complexity index is 432. The summed E-state index contributed by atoms with van der Waals surface area (Å²) in [5.41, 5.74) is 3.01. The van der Waals surface area contributed by atoms with Crippen LogP contribution in [-0.2, 0) is 0 Å². The monoisotopic (exact) mass is 277 g/mol. The fourth-order valence-electron chi connectivity index (χ4n) is 3.76. The first-order valence-electron chi connectivity index (χ1n) is 8.04.